The van der Waals surface area contributed by atoms with Crippen molar-refractivity contribution in [1.29, 1.82) is 0 Å². The molecule has 0 radical (unpaired) electrons. The molecule has 0 saturated carbocycles. The van der Waals surface area contributed by atoms with E-state index in [1.165, 1.54) is 17.8 Å². The Balaban J connectivity index is 2.35. The van der Waals surface area contributed by atoms with Crippen molar-refractivity contribution in [2.24, 2.45) is 0 Å². The van der Waals surface area contributed by atoms with Crippen molar-refractivity contribution in [3.05, 3.63) is 10.0 Å². The van der Waals surface area contributed by atoms with Crippen LogP contribution in [0.5, 0.6) is 0 Å². The van der Waals surface area contributed by atoms with Gasteiger partial charge >= 0.3 is 0 Å². The van der Waals surface area contributed by atoms with Crippen molar-refractivity contribution in [3.63, 3.8) is 0 Å². The van der Waals surface area contributed by atoms with Gasteiger partial charge in [-0.25, -0.2) is 0 Å². The third-order valence-electron chi connectivity index (χ3n) is 1.91. The van der Waals surface area contributed by atoms with E-state index < -0.39 is 0 Å². The average molecular weight is 213 g/mol. The fourth-order valence-electron chi connectivity index (χ4n) is 1.08. The molecule has 0 saturated heterocycles. The zero-order valence-corrected chi connectivity index (χ0v) is 10.0. The molecule has 0 aliphatic rings. The molecular formula is C10H19N3S. The summed E-state index contributed by atoms with van der Waals surface area (Å²) in [6.45, 7) is 7.32. The van der Waals surface area contributed by atoms with E-state index in [4.69, 9.17) is 0 Å². The summed E-state index contributed by atoms with van der Waals surface area (Å²) in [5.41, 5.74) is 0. The summed E-state index contributed by atoms with van der Waals surface area (Å²) in [7, 11) is 0. The molecule has 0 spiro atoms. The fourth-order valence-corrected chi connectivity index (χ4v) is 1.92. The van der Waals surface area contributed by atoms with Crippen LogP contribution in [0.1, 0.15) is 43.6 Å². The van der Waals surface area contributed by atoms with Crippen LogP contribution in [0.2, 0.25) is 0 Å². The second-order valence-corrected chi connectivity index (χ2v) is 4.88. The SMILES string of the molecule is CCCCc1nnc(CNC(C)C)s1. The van der Waals surface area contributed by atoms with E-state index in [1.807, 2.05) is 0 Å². The number of hydrogen-bond acceptors (Lipinski definition) is 4. The first-order chi connectivity index (χ1) is 6.72. The fraction of sp³-hybridized carbons (Fsp3) is 0.800. The Morgan fingerprint density at radius 3 is 2.64 bits per heavy atom. The molecule has 1 rings (SSSR count). The van der Waals surface area contributed by atoms with Crippen molar-refractivity contribution in [2.45, 2.75) is 52.6 Å². The molecule has 0 aliphatic carbocycles. The molecule has 14 heavy (non-hydrogen) atoms. The average Bonchev–Trinajstić information content (AvgIpc) is 2.59. The molecule has 0 atom stereocenters. The van der Waals surface area contributed by atoms with Crippen molar-refractivity contribution in [1.82, 2.24) is 15.5 Å². The Morgan fingerprint density at radius 2 is 2.00 bits per heavy atom. The maximum atomic E-state index is 4.16. The number of rotatable bonds is 6. The molecule has 1 N–H and O–H groups in total. The number of nitrogens with zero attached hydrogens (tertiary/aromatic N) is 2. The molecule has 0 bridgehead atoms. The zero-order chi connectivity index (χ0) is 10.4. The summed E-state index contributed by atoms with van der Waals surface area (Å²) in [5.74, 6) is 0. The highest BCUT2D eigenvalue weighted by Gasteiger charge is 2.03. The van der Waals surface area contributed by atoms with Crippen LogP contribution in [0.4, 0.5) is 0 Å². The van der Waals surface area contributed by atoms with Crippen molar-refractivity contribution in [3.8, 4) is 0 Å². The van der Waals surface area contributed by atoms with Gasteiger partial charge in [0.1, 0.15) is 10.0 Å². The molecule has 0 aliphatic heterocycles. The summed E-state index contributed by atoms with van der Waals surface area (Å²) in [6, 6.07) is 0.512. The second-order valence-electron chi connectivity index (χ2n) is 3.73. The number of unbranched alkanes of at least 4 members (excludes halogenated alkanes) is 1. The lowest BCUT2D eigenvalue weighted by molar-refractivity contribution is 0.584. The minimum absolute atomic E-state index is 0.512. The monoisotopic (exact) mass is 213 g/mol. The largest absolute Gasteiger partial charge is 0.308 e. The number of aryl methyl sites for hydroxylation is 1. The topological polar surface area (TPSA) is 37.8 Å². The molecule has 1 heterocycles. The van der Waals surface area contributed by atoms with Crippen LogP contribution in [0.15, 0.2) is 0 Å². The van der Waals surface area contributed by atoms with Crippen LogP contribution in [0, 0.1) is 0 Å². The minimum atomic E-state index is 0.512. The van der Waals surface area contributed by atoms with Gasteiger partial charge in [0.2, 0.25) is 0 Å². The number of hydrogen-bond donors (Lipinski definition) is 1. The van der Waals surface area contributed by atoms with E-state index in [9.17, 15) is 0 Å². The summed E-state index contributed by atoms with van der Waals surface area (Å²) in [5, 5.41) is 13.9. The van der Waals surface area contributed by atoms with Gasteiger partial charge < -0.3 is 5.32 Å². The van der Waals surface area contributed by atoms with Crippen LogP contribution in [-0.4, -0.2) is 16.2 Å². The zero-order valence-electron chi connectivity index (χ0n) is 9.21. The number of nitrogens with one attached hydrogen (secondary N) is 1. The van der Waals surface area contributed by atoms with Crippen molar-refractivity contribution >= 4 is 11.3 Å². The minimum Gasteiger partial charge on any atom is -0.308 e. The van der Waals surface area contributed by atoms with E-state index in [0.29, 0.717) is 6.04 Å². The van der Waals surface area contributed by atoms with Gasteiger partial charge in [-0.2, -0.15) is 0 Å². The van der Waals surface area contributed by atoms with Crippen LogP contribution < -0.4 is 5.32 Å². The highest BCUT2D eigenvalue weighted by Crippen LogP contribution is 2.12. The predicted molar refractivity (Wildman–Crippen MR) is 60.5 cm³/mol. The third-order valence-corrected chi connectivity index (χ3v) is 2.90. The van der Waals surface area contributed by atoms with Gasteiger partial charge in [0.15, 0.2) is 0 Å². The van der Waals surface area contributed by atoms with E-state index >= 15 is 0 Å². The molecule has 0 aromatic carbocycles. The standard InChI is InChI=1S/C10H19N3S/c1-4-5-6-9-12-13-10(14-9)7-11-8(2)3/h8,11H,4-7H2,1-3H3. The first-order valence-electron chi connectivity index (χ1n) is 5.27. The van der Waals surface area contributed by atoms with Gasteiger partial charge in [0.25, 0.3) is 0 Å². The van der Waals surface area contributed by atoms with E-state index in [-0.39, 0.29) is 0 Å². The summed E-state index contributed by atoms with van der Waals surface area (Å²) < 4.78 is 0. The first kappa shape index (κ1) is 11.6. The summed E-state index contributed by atoms with van der Waals surface area (Å²) in [4.78, 5) is 0. The van der Waals surface area contributed by atoms with Crippen LogP contribution >= 0.6 is 11.3 Å². The second kappa shape index (κ2) is 6.09. The Labute approximate surface area is 89.9 Å². The lowest BCUT2D eigenvalue weighted by Gasteiger charge is -2.03. The Bertz CT molecular complexity index is 258. The quantitative estimate of drug-likeness (QED) is 0.788. The van der Waals surface area contributed by atoms with E-state index in [1.54, 1.807) is 11.3 Å². The predicted octanol–water partition coefficient (Wildman–Crippen LogP) is 2.38. The lowest BCUT2D eigenvalue weighted by Crippen LogP contribution is -2.21. The van der Waals surface area contributed by atoms with Crippen LogP contribution in [-0.2, 0) is 13.0 Å². The Morgan fingerprint density at radius 1 is 1.29 bits per heavy atom. The molecule has 1 aromatic rings. The molecule has 0 amide bonds. The van der Waals surface area contributed by atoms with E-state index in [2.05, 4.69) is 36.3 Å². The molecule has 0 unspecified atom stereocenters. The summed E-state index contributed by atoms with van der Waals surface area (Å²) in [6.07, 6.45) is 3.52. The molecule has 0 fully saturated rings. The van der Waals surface area contributed by atoms with Gasteiger partial charge in [-0.3, -0.25) is 0 Å². The summed E-state index contributed by atoms with van der Waals surface area (Å²) >= 11 is 1.73. The smallest absolute Gasteiger partial charge is 0.131 e. The highest BCUT2D eigenvalue weighted by atomic mass is 32.1. The van der Waals surface area contributed by atoms with Gasteiger partial charge in [-0.15, -0.1) is 21.5 Å². The van der Waals surface area contributed by atoms with Crippen LogP contribution in [0.25, 0.3) is 0 Å². The molecule has 80 valence electrons. The Hall–Kier alpha value is -0.480. The van der Waals surface area contributed by atoms with Gasteiger partial charge in [0, 0.05) is 19.0 Å². The van der Waals surface area contributed by atoms with Gasteiger partial charge in [-0.1, -0.05) is 27.2 Å². The maximum absolute atomic E-state index is 4.16. The maximum Gasteiger partial charge on any atom is 0.131 e. The molecule has 1 aromatic heterocycles. The molecule has 3 nitrogen and oxygen atoms in total. The highest BCUT2D eigenvalue weighted by molar-refractivity contribution is 7.11. The molecular weight excluding hydrogens is 194 g/mol. The first-order valence-corrected chi connectivity index (χ1v) is 6.08. The van der Waals surface area contributed by atoms with Crippen LogP contribution in [0.3, 0.4) is 0 Å². The molecule has 4 heteroatoms. The van der Waals surface area contributed by atoms with Gasteiger partial charge in [-0.05, 0) is 6.42 Å². The third kappa shape index (κ3) is 4.15. The van der Waals surface area contributed by atoms with E-state index in [0.717, 1.165) is 18.0 Å². The number of aromatic nitrogens is 2. The van der Waals surface area contributed by atoms with Crippen molar-refractivity contribution in [2.75, 3.05) is 0 Å². The lowest BCUT2D eigenvalue weighted by atomic mass is 10.3. The normalized spacial score (nSPS) is 11.1. The Kier molecular flexibility index (Phi) is 5.04. The van der Waals surface area contributed by atoms with Crippen molar-refractivity contribution < 1.29 is 0 Å². The van der Waals surface area contributed by atoms with Gasteiger partial charge in [0.05, 0.1) is 0 Å².